The molecule has 0 spiro atoms. The zero-order valence-corrected chi connectivity index (χ0v) is 12.1. The van der Waals surface area contributed by atoms with Crippen LogP contribution in [0.15, 0.2) is 12.1 Å². The molecule has 0 radical (unpaired) electrons. The lowest BCUT2D eigenvalue weighted by Gasteiger charge is -2.33. The van der Waals surface area contributed by atoms with Gasteiger partial charge in [0.25, 0.3) is 0 Å². The summed E-state index contributed by atoms with van der Waals surface area (Å²) < 4.78 is 0. The number of aromatic carboxylic acids is 1. The third-order valence-electron chi connectivity index (χ3n) is 3.05. The minimum atomic E-state index is -1.26. The van der Waals surface area contributed by atoms with Crippen molar-refractivity contribution < 1.29 is 20.1 Å². The molecule has 0 bridgehead atoms. The molecule has 0 saturated heterocycles. The minimum absolute atomic E-state index is 0.0526. The number of benzene rings is 1. The Hall–Kier alpha value is -1.71. The molecule has 0 saturated carbocycles. The average Bonchev–Trinajstić information content (AvgIpc) is 2.16. The van der Waals surface area contributed by atoms with Crippen LogP contribution < -0.4 is 0 Å². The number of rotatable bonds is 3. The van der Waals surface area contributed by atoms with E-state index in [1.54, 1.807) is 0 Å². The van der Waals surface area contributed by atoms with Gasteiger partial charge in [0.05, 0.1) is 0 Å². The number of aromatic hydroxyl groups is 2. The Morgan fingerprint density at radius 3 is 2.00 bits per heavy atom. The van der Waals surface area contributed by atoms with Gasteiger partial charge in [0, 0.05) is 5.56 Å². The first-order chi connectivity index (χ1) is 8.44. The normalized spacial score (nSPS) is 12.5. The van der Waals surface area contributed by atoms with Crippen LogP contribution in [0, 0.1) is 5.41 Å². The fourth-order valence-electron chi connectivity index (χ4n) is 2.71. The summed E-state index contributed by atoms with van der Waals surface area (Å²) in [4.78, 5) is 10.9. The van der Waals surface area contributed by atoms with E-state index in [-0.39, 0.29) is 27.9 Å². The van der Waals surface area contributed by atoms with E-state index in [2.05, 4.69) is 20.8 Å². The van der Waals surface area contributed by atoms with Gasteiger partial charge in [-0.15, -0.1) is 0 Å². The van der Waals surface area contributed by atoms with E-state index in [1.165, 1.54) is 6.07 Å². The number of hydrogen-bond acceptors (Lipinski definition) is 3. The van der Waals surface area contributed by atoms with Gasteiger partial charge in [-0.05, 0) is 29.4 Å². The lowest BCUT2D eigenvalue weighted by Crippen LogP contribution is -2.25. The van der Waals surface area contributed by atoms with Crippen LogP contribution in [-0.2, 0) is 5.41 Å². The van der Waals surface area contributed by atoms with Gasteiger partial charge >= 0.3 is 5.97 Å². The van der Waals surface area contributed by atoms with Crippen LogP contribution in [0.3, 0.4) is 0 Å². The standard InChI is InChI=1S/C15H22O4/c1-14(2,3)8-15(4,5)10-7-11(16)9(13(18)19)6-12(10)17/h6-7,16-17H,8H2,1-5H3,(H,18,19). The molecule has 0 atom stereocenters. The van der Waals surface area contributed by atoms with Gasteiger partial charge in [-0.3, -0.25) is 0 Å². The Bertz CT molecular complexity index is 496. The highest BCUT2D eigenvalue weighted by molar-refractivity contribution is 5.91. The summed E-state index contributed by atoms with van der Waals surface area (Å²) in [5, 5.41) is 28.7. The van der Waals surface area contributed by atoms with Crippen molar-refractivity contribution in [3.8, 4) is 11.5 Å². The topological polar surface area (TPSA) is 77.8 Å². The summed E-state index contributed by atoms with van der Waals surface area (Å²) in [7, 11) is 0. The van der Waals surface area contributed by atoms with Crippen molar-refractivity contribution in [3.05, 3.63) is 23.3 Å². The molecule has 4 nitrogen and oxygen atoms in total. The van der Waals surface area contributed by atoms with Crippen molar-refractivity contribution in [2.24, 2.45) is 5.41 Å². The first kappa shape index (κ1) is 15.3. The highest BCUT2D eigenvalue weighted by Crippen LogP contribution is 2.42. The number of carboxylic acids is 1. The van der Waals surface area contributed by atoms with Crippen LogP contribution in [0.4, 0.5) is 0 Å². The van der Waals surface area contributed by atoms with Gasteiger partial charge in [0.2, 0.25) is 0 Å². The predicted molar refractivity (Wildman–Crippen MR) is 73.8 cm³/mol. The Kier molecular flexibility index (Phi) is 3.84. The number of phenols is 2. The quantitative estimate of drug-likeness (QED) is 0.731. The van der Waals surface area contributed by atoms with E-state index in [4.69, 9.17) is 5.11 Å². The molecular formula is C15H22O4. The van der Waals surface area contributed by atoms with E-state index in [1.807, 2.05) is 13.8 Å². The molecule has 0 aliphatic carbocycles. The SMILES string of the molecule is CC(C)(C)CC(C)(C)c1cc(O)c(C(=O)O)cc1O. The number of carbonyl (C=O) groups is 1. The largest absolute Gasteiger partial charge is 0.508 e. The van der Waals surface area contributed by atoms with Crippen LogP contribution in [0.5, 0.6) is 11.5 Å². The maximum absolute atomic E-state index is 10.9. The van der Waals surface area contributed by atoms with Crippen LogP contribution in [-0.4, -0.2) is 21.3 Å². The second-order valence-corrected chi connectivity index (χ2v) is 6.81. The second-order valence-electron chi connectivity index (χ2n) is 6.81. The molecule has 4 heteroatoms. The van der Waals surface area contributed by atoms with E-state index in [9.17, 15) is 15.0 Å². The molecule has 0 fully saturated rings. The molecule has 0 amide bonds. The van der Waals surface area contributed by atoms with E-state index < -0.39 is 5.97 Å². The Balaban J connectivity index is 3.29. The van der Waals surface area contributed by atoms with Gasteiger partial charge in [0.15, 0.2) is 0 Å². The van der Waals surface area contributed by atoms with Crippen molar-refractivity contribution in [2.45, 2.75) is 46.5 Å². The van der Waals surface area contributed by atoms with Crippen molar-refractivity contribution in [1.82, 2.24) is 0 Å². The number of carboxylic acid groups (broad SMARTS) is 1. The molecule has 0 aromatic heterocycles. The fourth-order valence-corrected chi connectivity index (χ4v) is 2.71. The molecule has 3 N–H and O–H groups in total. The number of phenolic OH excluding ortho intramolecular Hbond substituents is 1. The van der Waals surface area contributed by atoms with E-state index >= 15 is 0 Å². The highest BCUT2D eigenvalue weighted by Gasteiger charge is 2.30. The highest BCUT2D eigenvalue weighted by atomic mass is 16.4. The van der Waals surface area contributed by atoms with E-state index in [0.717, 1.165) is 12.5 Å². The van der Waals surface area contributed by atoms with Gasteiger partial charge in [-0.2, -0.15) is 0 Å². The molecular weight excluding hydrogens is 244 g/mol. The molecule has 19 heavy (non-hydrogen) atoms. The molecule has 0 aliphatic heterocycles. The Labute approximate surface area is 113 Å². The molecule has 0 aliphatic rings. The molecule has 1 rings (SSSR count). The molecule has 1 aromatic rings. The Morgan fingerprint density at radius 2 is 1.58 bits per heavy atom. The van der Waals surface area contributed by atoms with Crippen LogP contribution in [0.25, 0.3) is 0 Å². The maximum Gasteiger partial charge on any atom is 0.339 e. The van der Waals surface area contributed by atoms with Gasteiger partial charge in [-0.1, -0.05) is 34.6 Å². The van der Waals surface area contributed by atoms with Crippen molar-refractivity contribution in [1.29, 1.82) is 0 Å². The molecule has 0 unspecified atom stereocenters. The summed E-state index contributed by atoms with van der Waals surface area (Å²) >= 11 is 0. The zero-order valence-electron chi connectivity index (χ0n) is 12.1. The molecule has 106 valence electrons. The summed E-state index contributed by atoms with van der Waals surface area (Å²) in [5.74, 6) is -1.67. The van der Waals surface area contributed by atoms with Crippen LogP contribution in [0.2, 0.25) is 0 Å². The van der Waals surface area contributed by atoms with Gasteiger partial charge < -0.3 is 15.3 Å². The minimum Gasteiger partial charge on any atom is -0.508 e. The first-order valence-corrected chi connectivity index (χ1v) is 6.24. The van der Waals surface area contributed by atoms with Gasteiger partial charge in [-0.25, -0.2) is 4.79 Å². The second kappa shape index (κ2) is 4.76. The third-order valence-corrected chi connectivity index (χ3v) is 3.05. The molecule has 1 aromatic carbocycles. The average molecular weight is 266 g/mol. The zero-order chi connectivity index (χ0) is 15.0. The number of hydrogen-bond donors (Lipinski definition) is 3. The van der Waals surface area contributed by atoms with Crippen molar-refractivity contribution >= 4 is 5.97 Å². The fraction of sp³-hybridized carbons (Fsp3) is 0.533. The van der Waals surface area contributed by atoms with Crippen molar-refractivity contribution in [2.75, 3.05) is 0 Å². The predicted octanol–water partition coefficient (Wildman–Crippen LogP) is 3.51. The van der Waals surface area contributed by atoms with E-state index in [0.29, 0.717) is 5.56 Å². The third kappa shape index (κ3) is 3.63. The smallest absolute Gasteiger partial charge is 0.339 e. The summed E-state index contributed by atoms with van der Waals surface area (Å²) in [6, 6.07) is 2.46. The lowest BCUT2D eigenvalue weighted by atomic mass is 9.72. The van der Waals surface area contributed by atoms with Gasteiger partial charge in [0.1, 0.15) is 17.1 Å². The van der Waals surface area contributed by atoms with Crippen LogP contribution in [0.1, 0.15) is 57.0 Å². The lowest BCUT2D eigenvalue weighted by molar-refractivity contribution is 0.0693. The molecule has 0 heterocycles. The van der Waals surface area contributed by atoms with Crippen LogP contribution >= 0.6 is 0 Å². The Morgan fingerprint density at radius 1 is 1.05 bits per heavy atom. The summed E-state index contributed by atoms with van der Waals surface area (Å²) in [6.45, 7) is 10.2. The maximum atomic E-state index is 10.9. The summed E-state index contributed by atoms with van der Waals surface area (Å²) in [6.07, 6.45) is 0.791. The van der Waals surface area contributed by atoms with Crippen molar-refractivity contribution in [3.63, 3.8) is 0 Å². The first-order valence-electron chi connectivity index (χ1n) is 6.24. The monoisotopic (exact) mass is 266 g/mol. The summed E-state index contributed by atoms with van der Waals surface area (Å²) in [5.41, 5.74) is -0.0360.